The molecule has 8 heteroatoms. The van der Waals surface area contributed by atoms with E-state index >= 15 is 0 Å². The van der Waals surface area contributed by atoms with Gasteiger partial charge in [0.1, 0.15) is 5.75 Å². The van der Waals surface area contributed by atoms with Crippen molar-refractivity contribution in [2.24, 2.45) is 5.73 Å². The lowest BCUT2D eigenvalue weighted by Gasteiger charge is -2.16. The first-order valence-electron chi connectivity index (χ1n) is 4.62. The van der Waals surface area contributed by atoms with E-state index in [0.29, 0.717) is 4.47 Å². The molecule has 1 aromatic carbocycles. The van der Waals surface area contributed by atoms with Crippen molar-refractivity contribution in [3.8, 4) is 5.75 Å². The zero-order valence-electron chi connectivity index (χ0n) is 8.98. The van der Waals surface area contributed by atoms with Gasteiger partial charge in [-0.25, -0.2) is 0 Å². The maximum atomic E-state index is 12.2. The van der Waals surface area contributed by atoms with Crippen molar-refractivity contribution in [3.63, 3.8) is 0 Å². The third kappa shape index (κ3) is 4.75. The molecule has 0 saturated heterocycles. The number of alkyl halides is 2. The summed E-state index contributed by atoms with van der Waals surface area (Å²) in [5, 5.41) is 8.62. The Morgan fingerprint density at radius 1 is 1.50 bits per heavy atom. The van der Waals surface area contributed by atoms with Gasteiger partial charge in [0.25, 0.3) is 0 Å². The van der Waals surface area contributed by atoms with Crippen LogP contribution in [0, 0.1) is 0 Å². The van der Waals surface area contributed by atoms with E-state index in [1.54, 1.807) is 6.07 Å². The molecule has 0 fully saturated rings. The number of rotatable bonds is 5. The summed E-state index contributed by atoms with van der Waals surface area (Å²) in [6.07, 6.45) is -0.373. The highest BCUT2D eigenvalue weighted by atomic mass is 79.9. The number of hydrogen-bond acceptors (Lipinski definition) is 3. The van der Waals surface area contributed by atoms with Gasteiger partial charge in [-0.1, -0.05) is 22.0 Å². The maximum absolute atomic E-state index is 12.2. The molecule has 0 aliphatic heterocycles. The smallest absolute Gasteiger partial charge is 0.387 e. The molecule has 0 radical (unpaired) electrons. The van der Waals surface area contributed by atoms with Gasteiger partial charge in [0.15, 0.2) is 0 Å². The molecule has 0 bridgehead atoms. The summed E-state index contributed by atoms with van der Waals surface area (Å²) in [6, 6.07) is 3.47. The largest absolute Gasteiger partial charge is 0.481 e. The summed E-state index contributed by atoms with van der Waals surface area (Å²) in [6.45, 7) is -2.99. The van der Waals surface area contributed by atoms with Crippen LogP contribution in [0.3, 0.4) is 0 Å². The molecule has 0 aliphatic carbocycles. The van der Waals surface area contributed by atoms with Gasteiger partial charge >= 0.3 is 12.6 Å². The molecule has 0 aromatic heterocycles. The van der Waals surface area contributed by atoms with Crippen LogP contribution >= 0.6 is 28.3 Å². The first kappa shape index (κ1) is 17.1. The molecule has 0 aliphatic rings. The van der Waals surface area contributed by atoms with Crippen LogP contribution in [-0.4, -0.2) is 17.7 Å². The summed E-state index contributed by atoms with van der Waals surface area (Å²) in [5.74, 6) is -1.24. The lowest BCUT2D eigenvalue weighted by Crippen LogP contribution is -2.17. The van der Waals surface area contributed by atoms with Crippen molar-refractivity contribution in [2.45, 2.75) is 19.1 Å². The molecule has 1 rings (SSSR count). The van der Waals surface area contributed by atoms with Gasteiger partial charge in [0.05, 0.1) is 6.42 Å². The molecule has 0 unspecified atom stereocenters. The Hall–Kier alpha value is -0.920. The third-order valence-electron chi connectivity index (χ3n) is 1.99. The van der Waals surface area contributed by atoms with Crippen molar-refractivity contribution >= 4 is 34.3 Å². The minimum absolute atomic E-state index is 0. The van der Waals surface area contributed by atoms with E-state index in [0.717, 1.165) is 0 Å². The normalized spacial score (nSPS) is 11.8. The monoisotopic (exact) mass is 345 g/mol. The fraction of sp³-hybridized carbons (Fsp3) is 0.300. The summed E-state index contributed by atoms with van der Waals surface area (Å²) in [5.41, 5.74) is 5.86. The van der Waals surface area contributed by atoms with Crippen LogP contribution in [-0.2, 0) is 4.79 Å². The molecule has 0 heterocycles. The molecular formula is C10H11BrClF2NO3. The summed E-state index contributed by atoms with van der Waals surface area (Å²) in [4.78, 5) is 10.5. The van der Waals surface area contributed by atoms with E-state index in [-0.39, 0.29) is 30.1 Å². The average molecular weight is 347 g/mol. The maximum Gasteiger partial charge on any atom is 0.387 e. The second-order valence-electron chi connectivity index (χ2n) is 3.23. The minimum atomic E-state index is -2.99. The molecule has 1 aromatic rings. The Bertz CT molecular complexity index is 420. The number of ether oxygens (including phenoxy) is 1. The zero-order chi connectivity index (χ0) is 13.0. The number of nitrogens with two attached hydrogens (primary N) is 1. The van der Waals surface area contributed by atoms with Crippen molar-refractivity contribution in [3.05, 3.63) is 28.2 Å². The fourth-order valence-corrected chi connectivity index (χ4v) is 2.01. The van der Waals surface area contributed by atoms with Crippen molar-refractivity contribution < 1.29 is 23.4 Å². The topological polar surface area (TPSA) is 72.6 Å². The van der Waals surface area contributed by atoms with E-state index in [9.17, 15) is 13.6 Å². The highest BCUT2D eigenvalue weighted by molar-refractivity contribution is 9.10. The minimum Gasteiger partial charge on any atom is -0.481 e. The number of hydrogen-bond donors (Lipinski definition) is 2. The number of carboxylic acids is 1. The van der Waals surface area contributed by atoms with E-state index in [2.05, 4.69) is 20.7 Å². The van der Waals surface area contributed by atoms with Crippen LogP contribution in [0.15, 0.2) is 22.7 Å². The fourth-order valence-electron chi connectivity index (χ4n) is 1.37. The van der Waals surface area contributed by atoms with Crippen molar-refractivity contribution in [1.82, 2.24) is 0 Å². The predicted molar refractivity (Wildman–Crippen MR) is 67.2 cm³/mol. The Morgan fingerprint density at radius 2 is 2.11 bits per heavy atom. The summed E-state index contributed by atoms with van der Waals surface area (Å²) >= 11 is 3.13. The van der Waals surface area contributed by atoms with Crippen LogP contribution in [0.25, 0.3) is 0 Å². The van der Waals surface area contributed by atoms with Crippen LogP contribution in [0.2, 0.25) is 0 Å². The van der Waals surface area contributed by atoms with Crippen LogP contribution in [0.5, 0.6) is 5.75 Å². The lowest BCUT2D eigenvalue weighted by molar-refractivity contribution is -0.137. The van der Waals surface area contributed by atoms with Gasteiger partial charge < -0.3 is 15.6 Å². The van der Waals surface area contributed by atoms with E-state index in [4.69, 9.17) is 10.8 Å². The lowest BCUT2D eigenvalue weighted by atomic mass is 10.0. The molecule has 18 heavy (non-hydrogen) atoms. The predicted octanol–water partition coefficient (Wildman–Crippen LogP) is 2.95. The molecule has 1 atom stereocenters. The van der Waals surface area contributed by atoms with E-state index in [1.165, 1.54) is 12.1 Å². The number of carboxylic acid groups (broad SMARTS) is 1. The molecule has 0 saturated carbocycles. The standard InChI is InChI=1S/C10H10BrF2NO3.ClH/c11-5-2-1-3-7(17-10(12)13)9(5)6(14)4-8(15)16;/h1-3,6,10H,4,14H2,(H,15,16);1H/t6-;/m1./s1. The molecule has 3 N–H and O–H groups in total. The number of aliphatic carboxylic acids is 1. The Morgan fingerprint density at radius 3 is 2.61 bits per heavy atom. The first-order valence-corrected chi connectivity index (χ1v) is 5.41. The second kappa shape index (κ2) is 7.50. The van der Waals surface area contributed by atoms with Crippen molar-refractivity contribution in [1.29, 1.82) is 0 Å². The summed E-state index contributed by atoms with van der Waals surface area (Å²) in [7, 11) is 0. The highest BCUT2D eigenvalue weighted by Gasteiger charge is 2.20. The number of carbonyl (C=O) groups is 1. The Kier molecular flexibility index (Phi) is 7.12. The molecule has 4 nitrogen and oxygen atoms in total. The Balaban J connectivity index is 0.00000289. The molecular weight excluding hydrogens is 335 g/mol. The third-order valence-corrected chi connectivity index (χ3v) is 2.69. The quantitative estimate of drug-likeness (QED) is 0.860. The van der Waals surface area contributed by atoms with Gasteiger partial charge in [-0.3, -0.25) is 4.79 Å². The van der Waals surface area contributed by atoms with E-state index < -0.39 is 18.6 Å². The molecule has 102 valence electrons. The van der Waals surface area contributed by atoms with Crippen molar-refractivity contribution in [2.75, 3.05) is 0 Å². The zero-order valence-corrected chi connectivity index (χ0v) is 11.4. The van der Waals surface area contributed by atoms with Gasteiger partial charge in [0, 0.05) is 16.1 Å². The van der Waals surface area contributed by atoms with Gasteiger partial charge in [0.2, 0.25) is 0 Å². The summed E-state index contributed by atoms with van der Waals surface area (Å²) < 4.78 is 29.1. The molecule has 0 amide bonds. The Labute approximate surface area is 117 Å². The average Bonchev–Trinajstić information content (AvgIpc) is 2.14. The van der Waals surface area contributed by atoms with Gasteiger partial charge in [-0.05, 0) is 12.1 Å². The van der Waals surface area contributed by atoms with Crippen LogP contribution in [0.1, 0.15) is 18.0 Å². The number of benzene rings is 1. The van der Waals surface area contributed by atoms with Gasteiger partial charge in [-0.2, -0.15) is 8.78 Å². The highest BCUT2D eigenvalue weighted by Crippen LogP contribution is 2.33. The molecule has 0 spiro atoms. The first-order chi connectivity index (χ1) is 7.91. The SMILES string of the molecule is Cl.N[C@H](CC(=O)O)c1c(Br)cccc1OC(F)F. The van der Waals surface area contributed by atoms with E-state index in [1.807, 2.05) is 0 Å². The number of halogens is 4. The van der Waals surface area contributed by atoms with Crippen LogP contribution in [0.4, 0.5) is 8.78 Å². The second-order valence-corrected chi connectivity index (χ2v) is 4.09. The van der Waals surface area contributed by atoms with Crippen LogP contribution < -0.4 is 10.5 Å². The van der Waals surface area contributed by atoms with Gasteiger partial charge in [-0.15, -0.1) is 12.4 Å².